The molecule has 0 radical (unpaired) electrons. The van der Waals surface area contributed by atoms with Crippen molar-refractivity contribution in [2.75, 3.05) is 16.3 Å². The van der Waals surface area contributed by atoms with Gasteiger partial charge in [0, 0.05) is 11.4 Å². The van der Waals surface area contributed by atoms with Crippen molar-refractivity contribution in [2.24, 2.45) is 0 Å². The number of nitrogens with one attached hydrogen (secondary N) is 2. The van der Waals surface area contributed by atoms with Crippen LogP contribution in [0.2, 0.25) is 5.02 Å². The fourth-order valence-electron chi connectivity index (χ4n) is 2.06. The number of carbonyl (C=O) groups is 1. The molecule has 0 bridgehead atoms. The third kappa shape index (κ3) is 5.95. The minimum atomic E-state index is -3.44. The molecule has 1 amide bonds. The molecule has 0 aliphatic rings. The highest BCUT2D eigenvalue weighted by atomic mass is 35.5. The summed E-state index contributed by atoms with van der Waals surface area (Å²) in [4.78, 5) is 12.4. The van der Waals surface area contributed by atoms with Gasteiger partial charge in [-0.2, -0.15) is 0 Å². The number of rotatable bonds is 6. The number of hydrogen-bond donors (Lipinski definition) is 2. The quantitative estimate of drug-likeness (QED) is 0.796. The Morgan fingerprint density at radius 3 is 2.24 bits per heavy atom. The molecular formula is C17H19ClN2O4S. The van der Waals surface area contributed by atoms with E-state index in [1.54, 1.807) is 24.3 Å². The van der Waals surface area contributed by atoms with Crippen LogP contribution in [0.3, 0.4) is 0 Å². The third-order valence-electron chi connectivity index (χ3n) is 3.00. The van der Waals surface area contributed by atoms with Crippen LogP contribution in [-0.4, -0.2) is 26.7 Å². The fourth-order valence-corrected chi connectivity index (χ4v) is 2.82. The minimum Gasteiger partial charge on any atom is -0.491 e. The molecule has 134 valence electrons. The Hall–Kier alpha value is -2.25. The fraction of sp³-hybridized carbons (Fsp3) is 0.235. The number of halogens is 1. The predicted molar refractivity (Wildman–Crippen MR) is 100 cm³/mol. The molecule has 0 aliphatic heterocycles. The van der Waals surface area contributed by atoms with Gasteiger partial charge in [0.25, 0.3) is 5.91 Å². The van der Waals surface area contributed by atoms with E-state index < -0.39 is 15.9 Å². The van der Waals surface area contributed by atoms with Gasteiger partial charge >= 0.3 is 0 Å². The van der Waals surface area contributed by atoms with Crippen LogP contribution in [-0.2, 0) is 10.0 Å². The number of anilines is 2. The van der Waals surface area contributed by atoms with Crippen LogP contribution in [0, 0.1) is 0 Å². The Balaban J connectivity index is 2.16. The molecule has 0 saturated carbocycles. The van der Waals surface area contributed by atoms with Gasteiger partial charge in [0.1, 0.15) is 5.75 Å². The summed E-state index contributed by atoms with van der Waals surface area (Å²) in [6.07, 6.45) is 1.09. The molecule has 8 heteroatoms. The lowest BCUT2D eigenvalue weighted by Gasteiger charge is -2.12. The molecule has 2 N–H and O–H groups in total. The molecule has 0 fully saturated rings. The van der Waals surface area contributed by atoms with Crippen molar-refractivity contribution >= 4 is 38.9 Å². The van der Waals surface area contributed by atoms with E-state index in [1.165, 1.54) is 18.2 Å². The van der Waals surface area contributed by atoms with Crippen molar-refractivity contribution in [1.82, 2.24) is 0 Å². The molecule has 0 spiro atoms. The lowest BCUT2D eigenvalue weighted by Crippen LogP contribution is -2.14. The summed E-state index contributed by atoms with van der Waals surface area (Å²) in [5.74, 6) is 0.255. The maximum absolute atomic E-state index is 12.4. The van der Waals surface area contributed by atoms with Crippen LogP contribution in [0.4, 0.5) is 11.4 Å². The van der Waals surface area contributed by atoms with Crippen molar-refractivity contribution in [1.29, 1.82) is 0 Å². The highest BCUT2D eigenvalue weighted by Crippen LogP contribution is 2.23. The molecule has 0 unspecified atom stereocenters. The van der Waals surface area contributed by atoms with Gasteiger partial charge in [-0.15, -0.1) is 0 Å². The molecule has 25 heavy (non-hydrogen) atoms. The first kappa shape index (κ1) is 19.1. The number of ether oxygens (including phenoxy) is 1. The Morgan fingerprint density at radius 1 is 1.08 bits per heavy atom. The molecule has 2 rings (SSSR count). The second kappa shape index (κ2) is 7.76. The minimum absolute atomic E-state index is 0.0596. The van der Waals surface area contributed by atoms with Crippen LogP contribution in [0.25, 0.3) is 0 Å². The van der Waals surface area contributed by atoms with Crippen molar-refractivity contribution in [3.63, 3.8) is 0 Å². The van der Waals surface area contributed by atoms with Crippen LogP contribution < -0.4 is 14.8 Å². The van der Waals surface area contributed by atoms with Gasteiger partial charge < -0.3 is 10.1 Å². The monoisotopic (exact) mass is 382 g/mol. The largest absolute Gasteiger partial charge is 0.491 e. The van der Waals surface area contributed by atoms with E-state index in [0.29, 0.717) is 11.4 Å². The maximum atomic E-state index is 12.4. The zero-order chi connectivity index (χ0) is 18.6. The van der Waals surface area contributed by atoms with E-state index in [0.717, 1.165) is 6.26 Å². The summed E-state index contributed by atoms with van der Waals surface area (Å²) in [6, 6.07) is 11.2. The number of benzene rings is 2. The molecule has 0 aromatic heterocycles. The Bertz CT molecular complexity index is 865. The highest BCUT2D eigenvalue weighted by molar-refractivity contribution is 7.92. The van der Waals surface area contributed by atoms with Crippen LogP contribution in [0.5, 0.6) is 5.75 Å². The second-order valence-electron chi connectivity index (χ2n) is 5.71. The average molecular weight is 383 g/mol. The summed E-state index contributed by atoms with van der Waals surface area (Å²) in [5.41, 5.74) is 0.995. The van der Waals surface area contributed by atoms with Gasteiger partial charge in [-0.3, -0.25) is 9.52 Å². The standard InChI is InChI=1S/C17H19ClN2O4S/c1-11(2)24-14-7-4-12(5-8-14)19-17(21)15-10-13(6-9-16(15)18)20-25(3,22)23/h4-11,20H,1-3H3,(H,19,21). The van der Waals surface area contributed by atoms with Crippen molar-refractivity contribution in [3.8, 4) is 5.75 Å². The van der Waals surface area contributed by atoms with E-state index in [2.05, 4.69) is 10.0 Å². The molecule has 2 aromatic rings. The molecule has 2 aromatic carbocycles. The van der Waals surface area contributed by atoms with Crippen LogP contribution >= 0.6 is 11.6 Å². The van der Waals surface area contributed by atoms with Gasteiger partial charge in [-0.05, 0) is 56.3 Å². The summed E-state index contributed by atoms with van der Waals surface area (Å²) < 4.78 is 30.5. The van der Waals surface area contributed by atoms with Gasteiger partial charge in [0.15, 0.2) is 0 Å². The molecule has 0 saturated heterocycles. The molecule has 0 atom stereocenters. The van der Waals surface area contributed by atoms with Crippen molar-refractivity contribution in [3.05, 3.63) is 53.1 Å². The van der Waals surface area contributed by atoms with E-state index in [9.17, 15) is 13.2 Å². The molecule has 0 heterocycles. The molecular weight excluding hydrogens is 364 g/mol. The number of carbonyl (C=O) groups excluding carboxylic acids is 1. The van der Waals surface area contributed by atoms with E-state index in [-0.39, 0.29) is 22.4 Å². The summed E-state index contributed by atoms with van der Waals surface area (Å²) in [5, 5.41) is 2.93. The average Bonchev–Trinajstić information content (AvgIpc) is 2.49. The smallest absolute Gasteiger partial charge is 0.257 e. The highest BCUT2D eigenvalue weighted by Gasteiger charge is 2.13. The van der Waals surface area contributed by atoms with Crippen LogP contribution in [0.15, 0.2) is 42.5 Å². The van der Waals surface area contributed by atoms with Crippen molar-refractivity contribution in [2.45, 2.75) is 20.0 Å². The molecule has 6 nitrogen and oxygen atoms in total. The van der Waals surface area contributed by atoms with Gasteiger partial charge in [-0.25, -0.2) is 8.42 Å². The Morgan fingerprint density at radius 2 is 1.68 bits per heavy atom. The number of sulfonamides is 1. The van der Waals surface area contributed by atoms with E-state index >= 15 is 0 Å². The van der Waals surface area contributed by atoms with E-state index in [1.807, 2.05) is 13.8 Å². The van der Waals surface area contributed by atoms with Gasteiger partial charge in [-0.1, -0.05) is 11.6 Å². The summed E-state index contributed by atoms with van der Waals surface area (Å²) >= 11 is 6.05. The normalized spacial score (nSPS) is 11.2. The second-order valence-corrected chi connectivity index (χ2v) is 7.87. The van der Waals surface area contributed by atoms with Crippen LogP contribution in [0.1, 0.15) is 24.2 Å². The lowest BCUT2D eigenvalue weighted by molar-refractivity contribution is 0.102. The summed E-state index contributed by atoms with van der Waals surface area (Å²) in [7, 11) is -3.44. The van der Waals surface area contributed by atoms with Gasteiger partial charge in [0.05, 0.1) is 22.9 Å². The predicted octanol–water partition coefficient (Wildman–Crippen LogP) is 3.75. The zero-order valence-electron chi connectivity index (χ0n) is 14.0. The first-order valence-electron chi connectivity index (χ1n) is 7.49. The van der Waals surface area contributed by atoms with Crippen molar-refractivity contribution < 1.29 is 17.9 Å². The zero-order valence-corrected chi connectivity index (χ0v) is 15.6. The third-order valence-corrected chi connectivity index (χ3v) is 3.93. The van der Waals surface area contributed by atoms with E-state index in [4.69, 9.17) is 16.3 Å². The maximum Gasteiger partial charge on any atom is 0.257 e. The first-order valence-corrected chi connectivity index (χ1v) is 9.76. The molecule has 0 aliphatic carbocycles. The Kier molecular flexibility index (Phi) is 5.92. The first-order chi connectivity index (χ1) is 11.6. The number of hydrogen-bond acceptors (Lipinski definition) is 4. The lowest BCUT2D eigenvalue weighted by atomic mass is 10.2. The summed E-state index contributed by atoms with van der Waals surface area (Å²) in [6.45, 7) is 3.85. The topological polar surface area (TPSA) is 84.5 Å². The number of amides is 1. The SMILES string of the molecule is CC(C)Oc1ccc(NC(=O)c2cc(NS(C)(=O)=O)ccc2Cl)cc1. The van der Waals surface area contributed by atoms with Gasteiger partial charge in [0.2, 0.25) is 10.0 Å². The Labute approximate surface area is 152 Å².